The van der Waals surface area contributed by atoms with Gasteiger partial charge in [0, 0.05) is 23.5 Å². The van der Waals surface area contributed by atoms with E-state index in [1.54, 1.807) is 60.9 Å². The number of nitrogens with one attached hydrogen (secondary N) is 2. The van der Waals surface area contributed by atoms with E-state index in [4.69, 9.17) is 0 Å². The van der Waals surface area contributed by atoms with Crippen molar-refractivity contribution < 1.29 is 9.59 Å². The highest BCUT2D eigenvalue weighted by molar-refractivity contribution is 5.94. The average molecular weight is 451 g/mol. The van der Waals surface area contributed by atoms with Crippen LogP contribution < -0.4 is 10.6 Å². The Morgan fingerprint density at radius 1 is 0.588 bits per heavy atom. The van der Waals surface area contributed by atoms with E-state index in [9.17, 15) is 9.59 Å². The second-order valence-electron chi connectivity index (χ2n) is 7.30. The fourth-order valence-electron chi connectivity index (χ4n) is 3.03. The third-order valence-corrected chi connectivity index (χ3v) is 4.85. The summed E-state index contributed by atoms with van der Waals surface area (Å²) >= 11 is 0. The van der Waals surface area contributed by atoms with Crippen LogP contribution in [0.3, 0.4) is 0 Å². The Morgan fingerprint density at radius 3 is 1.35 bits per heavy atom. The van der Waals surface area contributed by atoms with Gasteiger partial charge in [-0.1, -0.05) is 12.1 Å². The Bertz CT molecular complexity index is 1160. The third kappa shape index (κ3) is 6.39. The molecule has 2 amide bonds. The van der Waals surface area contributed by atoms with E-state index in [2.05, 4.69) is 30.8 Å². The maximum atomic E-state index is 12.3. The molecule has 8 heteroatoms. The third-order valence-electron chi connectivity index (χ3n) is 4.85. The van der Waals surface area contributed by atoms with Gasteiger partial charge in [0.1, 0.15) is 0 Å². The van der Waals surface area contributed by atoms with E-state index in [0.29, 0.717) is 35.6 Å². The van der Waals surface area contributed by atoms with Gasteiger partial charge in [-0.05, 0) is 72.8 Å². The van der Waals surface area contributed by atoms with Gasteiger partial charge in [-0.3, -0.25) is 19.6 Å². The van der Waals surface area contributed by atoms with Crippen molar-refractivity contribution in [2.24, 2.45) is 10.2 Å². The van der Waals surface area contributed by atoms with Gasteiger partial charge in [-0.15, -0.1) is 0 Å². The Balaban J connectivity index is 1.29. The standard InChI is InChI=1S/C26H22N6O2/c33-25(29-17-23-5-1-3-15-27-23)19-7-11-21(12-8-19)31-32-22-13-9-20(10-14-22)26(34)30-18-24-6-2-4-16-28-24/h1-16H,17-18H2,(H,29,33)(H,30,34). The number of aromatic nitrogens is 2. The van der Waals surface area contributed by atoms with Gasteiger partial charge < -0.3 is 10.6 Å². The summed E-state index contributed by atoms with van der Waals surface area (Å²) in [5.41, 5.74) is 3.85. The monoisotopic (exact) mass is 450 g/mol. The molecule has 0 aliphatic heterocycles. The predicted molar refractivity (Wildman–Crippen MR) is 128 cm³/mol. The molecule has 0 spiro atoms. The highest BCUT2D eigenvalue weighted by Gasteiger charge is 2.07. The van der Waals surface area contributed by atoms with Gasteiger partial charge in [0.25, 0.3) is 11.8 Å². The lowest BCUT2D eigenvalue weighted by molar-refractivity contribution is 0.0942. The number of amides is 2. The summed E-state index contributed by atoms with van der Waals surface area (Å²) in [6.07, 6.45) is 3.38. The normalized spacial score (nSPS) is 10.7. The summed E-state index contributed by atoms with van der Waals surface area (Å²) in [5, 5.41) is 14.1. The molecule has 0 atom stereocenters. The van der Waals surface area contributed by atoms with Gasteiger partial charge in [0.05, 0.1) is 35.9 Å². The smallest absolute Gasteiger partial charge is 0.251 e. The van der Waals surface area contributed by atoms with E-state index < -0.39 is 0 Å². The van der Waals surface area contributed by atoms with Crippen molar-refractivity contribution in [3.63, 3.8) is 0 Å². The number of carbonyl (C=O) groups is 2. The minimum atomic E-state index is -0.189. The van der Waals surface area contributed by atoms with Crippen LogP contribution in [0.15, 0.2) is 108 Å². The number of hydrogen-bond donors (Lipinski definition) is 2. The summed E-state index contributed by atoms with van der Waals surface area (Å²) in [6.45, 7) is 0.719. The number of azo groups is 1. The van der Waals surface area contributed by atoms with Crippen molar-refractivity contribution in [2.75, 3.05) is 0 Å². The lowest BCUT2D eigenvalue weighted by Gasteiger charge is -2.05. The lowest BCUT2D eigenvalue weighted by atomic mass is 10.2. The second kappa shape index (κ2) is 11.2. The number of nitrogens with zero attached hydrogens (tertiary/aromatic N) is 4. The highest BCUT2D eigenvalue weighted by Crippen LogP contribution is 2.19. The summed E-state index contributed by atoms with van der Waals surface area (Å²) < 4.78 is 0. The van der Waals surface area contributed by atoms with Gasteiger partial charge in [-0.25, -0.2) is 0 Å². The van der Waals surface area contributed by atoms with Crippen LogP contribution in [-0.2, 0) is 13.1 Å². The van der Waals surface area contributed by atoms with Crippen molar-refractivity contribution in [3.8, 4) is 0 Å². The molecule has 4 rings (SSSR count). The number of pyridine rings is 2. The first-order chi connectivity index (χ1) is 16.7. The van der Waals surface area contributed by atoms with E-state index in [1.165, 1.54) is 0 Å². The molecule has 0 bridgehead atoms. The van der Waals surface area contributed by atoms with Crippen molar-refractivity contribution in [1.82, 2.24) is 20.6 Å². The lowest BCUT2D eigenvalue weighted by Crippen LogP contribution is -2.23. The quantitative estimate of drug-likeness (QED) is 0.378. The molecule has 2 aromatic carbocycles. The fourth-order valence-corrected chi connectivity index (χ4v) is 3.03. The molecule has 0 unspecified atom stereocenters. The molecule has 0 radical (unpaired) electrons. The zero-order chi connectivity index (χ0) is 23.6. The molecule has 0 fully saturated rings. The van der Waals surface area contributed by atoms with Gasteiger partial charge in [0.2, 0.25) is 0 Å². The van der Waals surface area contributed by atoms with Crippen LogP contribution in [0.2, 0.25) is 0 Å². The molecule has 0 saturated carbocycles. The maximum Gasteiger partial charge on any atom is 0.251 e. The van der Waals surface area contributed by atoms with Crippen LogP contribution in [0.25, 0.3) is 0 Å². The Labute approximate surface area is 196 Å². The first kappa shape index (κ1) is 22.5. The summed E-state index contributed by atoms with van der Waals surface area (Å²) in [6, 6.07) is 24.8. The van der Waals surface area contributed by atoms with Crippen molar-refractivity contribution in [1.29, 1.82) is 0 Å². The van der Waals surface area contributed by atoms with Gasteiger partial charge in [-0.2, -0.15) is 10.2 Å². The van der Waals surface area contributed by atoms with Crippen molar-refractivity contribution >= 4 is 23.2 Å². The Hall–Kier alpha value is -4.72. The van der Waals surface area contributed by atoms with Crippen molar-refractivity contribution in [3.05, 3.63) is 120 Å². The average Bonchev–Trinajstić information content (AvgIpc) is 2.91. The topological polar surface area (TPSA) is 109 Å². The molecular formula is C26H22N6O2. The van der Waals surface area contributed by atoms with E-state index in [0.717, 1.165) is 11.4 Å². The number of hydrogen-bond acceptors (Lipinski definition) is 6. The molecule has 2 heterocycles. The fraction of sp³-hybridized carbons (Fsp3) is 0.0769. The number of rotatable bonds is 8. The van der Waals surface area contributed by atoms with Crippen LogP contribution >= 0.6 is 0 Å². The number of benzene rings is 2. The van der Waals surface area contributed by atoms with Crippen LogP contribution in [0.1, 0.15) is 32.1 Å². The molecule has 168 valence electrons. The summed E-state index contributed by atoms with van der Waals surface area (Å²) in [7, 11) is 0. The predicted octanol–water partition coefficient (Wildman–Crippen LogP) is 4.75. The van der Waals surface area contributed by atoms with Crippen LogP contribution in [-0.4, -0.2) is 21.8 Å². The summed E-state index contributed by atoms with van der Waals surface area (Å²) in [5.74, 6) is -0.378. The molecule has 34 heavy (non-hydrogen) atoms. The SMILES string of the molecule is O=C(NCc1ccccn1)c1ccc(N=Nc2ccc(C(=O)NCc3ccccn3)cc2)cc1. The van der Waals surface area contributed by atoms with E-state index in [-0.39, 0.29) is 11.8 Å². The van der Waals surface area contributed by atoms with E-state index >= 15 is 0 Å². The molecule has 0 saturated heterocycles. The summed E-state index contributed by atoms with van der Waals surface area (Å²) in [4.78, 5) is 33.0. The molecule has 8 nitrogen and oxygen atoms in total. The minimum absolute atomic E-state index is 0.189. The molecule has 0 aliphatic rings. The van der Waals surface area contributed by atoms with Crippen LogP contribution in [0.5, 0.6) is 0 Å². The van der Waals surface area contributed by atoms with Gasteiger partial charge in [0.15, 0.2) is 0 Å². The van der Waals surface area contributed by atoms with Gasteiger partial charge >= 0.3 is 0 Å². The second-order valence-corrected chi connectivity index (χ2v) is 7.30. The molecule has 2 N–H and O–H groups in total. The molecule has 2 aromatic heterocycles. The first-order valence-electron chi connectivity index (χ1n) is 10.7. The molecule has 4 aromatic rings. The number of carbonyl (C=O) groups excluding carboxylic acids is 2. The van der Waals surface area contributed by atoms with Crippen LogP contribution in [0.4, 0.5) is 11.4 Å². The molecular weight excluding hydrogens is 428 g/mol. The van der Waals surface area contributed by atoms with E-state index in [1.807, 2.05) is 36.4 Å². The van der Waals surface area contributed by atoms with Crippen LogP contribution in [0, 0.1) is 0 Å². The molecule has 0 aliphatic carbocycles. The largest absolute Gasteiger partial charge is 0.346 e. The zero-order valence-corrected chi connectivity index (χ0v) is 18.3. The zero-order valence-electron chi connectivity index (χ0n) is 18.3. The Kier molecular flexibility index (Phi) is 7.43. The maximum absolute atomic E-state index is 12.3. The Morgan fingerprint density at radius 2 is 1.00 bits per heavy atom. The van der Waals surface area contributed by atoms with Crippen molar-refractivity contribution in [2.45, 2.75) is 13.1 Å². The first-order valence-corrected chi connectivity index (χ1v) is 10.7. The minimum Gasteiger partial charge on any atom is -0.346 e. The highest BCUT2D eigenvalue weighted by atomic mass is 16.2.